The monoisotopic (exact) mass is 571 g/mol. The predicted octanol–water partition coefficient (Wildman–Crippen LogP) is 4.57. The molecule has 41 heavy (non-hydrogen) atoms. The summed E-state index contributed by atoms with van der Waals surface area (Å²) in [6, 6.07) is 10.1. The summed E-state index contributed by atoms with van der Waals surface area (Å²) >= 11 is 0. The van der Waals surface area contributed by atoms with Crippen LogP contribution in [0.1, 0.15) is 84.0 Å². The number of carbonyl (C=O) groups excluding carboxylic acids is 1. The van der Waals surface area contributed by atoms with E-state index in [4.69, 9.17) is 4.98 Å². The topological polar surface area (TPSA) is 139 Å². The Hall–Kier alpha value is -3.96. The minimum absolute atomic E-state index is 0.143. The smallest absolute Gasteiger partial charge is 0.253 e. The van der Waals surface area contributed by atoms with Gasteiger partial charge in [-0.05, 0) is 79.6 Å². The van der Waals surface area contributed by atoms with E-state index in [0.717, 1.165) is 40.7 Å². The third kappa shape index (κ3) is 5.64. The lowest BCUT2D eigenvalue weighted by Crippen LogP contribution is -2.29. The first-order valence-corrected chi connectivity index (χ1v) is 15.4. The highest BCUT2D eigenvalue weighted by Crippen LogP contribution is 2.47. The molecular formula is C30H33N7O3S. The summed E-state index contributed by atoms with van der Waals surface area (Å²) in [6.07, 6.45) is 7.51. The number of hydrogen-bond donors (Lipinski definition) is 3. The van der Waals surface area contributed by atoms with Crippen LogP contribution < -0.4 is 15.4 Å². The van der Waals surface area contributed by atoms with E-state index in [9.17, 15) is 13.2 Å². The van der Waals surface area contributed by atoms with Gasteiger partial charge in [0.2, 0.25) is 10.0 Å². The van der Waals surface area contributed by atoms with Gasteiger partial charge in [-0.3, -0.25) is 14.8 Å². The molecule has 2 aliphatic rings. The molecule has 3 aromatic heterocycles. The van der Waals surface area contributed by atoms with Crippen LogP contribution in [0.4, 0.5) is 5.82 Å². The number of pyridine rings is 2. The second kappa shape index (κ2) is 10.8. The van der Waals surface area contributed by atoms with Gasteiger partial charge < -0.3 is 10.6 Å². The number of carbonyl (C=O) groups is 1. The van der Waals surface area contributed by atoms with Gasteiger partial charge in [-0.2, -0.15) is 5.10 Å². The Kier molecular flexibility index (Phi) is 7.16. The zero-order chi connectivity index (χ0) is 28.7. The maximum absolute atomic E-state index is 13.7. The van der Waals surface area contributed by atoms with Gasteiger partial charge in [-0.25, -0.2) is 13.1 Å². The van der Waals surface area contributed by atoms with Crippen LogP contribution >= 0.6 is 0 Å². The summed E-state index contributed by atoms with van der Waals surface area (Å²) in [6.45, 7) is 6.12. The van der Waals surface area contributed by atoms with Gasteiger partial charge in [0.15, 0.2) is 0 Å². The Morgan fingerprint density at radius 3 is 2.56 bits per heavy atom. The molecule has 1 saturated carbocycles. The molecule has 3 N–H and O–H groups in total. The molecule has 0 bridgehead atoms. The van der Waals surface area contributed by atoms with Crippen molar-refractivity contribution in [3.8, 4) is 0 Å². The minimum Gasteiger partial charge on any atom is -0.362 e. The van der Waals surface area contributed by atoms with E-state index >= 15 is 0 Å². The van der Waals surface area contributed by atoms with Gasteiger partial charge in [0.05, 0.1) is 28.2 Å². The Morgan fingerprint density at radius 1 is 1.05 bits per heavy atom. The van der Waals surface area contributed by atoms with Crippen LogP contribution in [0.2, 0.25) is 0 Å². The number of aromatic nitrogens is 4. The first-order chi connectivity index (χ1) is 19.7. The van der Waals surface area contributed by atoms with E-state index in [1.54, 1.807) is 30.6 Å². The van der Waals surface area contributed by atoms with Crippen LogP contribution in [0.15, 0.2) is 59.9 Å². The molecular weight excluding hydrogens is 538 g/mol. The molecule has 2 atom stereocenters. The molecule has 0 unspecified atom stereocenters. The van der Waals surface area contributed by atoms with Gasteiger partial charge in [0.25, 0.3) is 5.91 Å². The Bertz CT molecular complexity index is 1710. The van der Waals surface area contributed by atoms with Crippen molar-refractivity contribution in [3.63, 3.8) is 0 Å². The van der Waals surface area contributed by atoms with Crippen LogP contribution in [0.3, 0.4) is 0 Å². The fourth-order valence-corrected chi connectivity index (χ4v) is 6.79. The summed E-state index contributed by atoms with van der Waals surface area (Å²) in [7, 11) is -3.85. The van der Waals surface area contributed by atoms with Crippen molar-refractivity contribution >= 4 is 32.5 Å². The highest BCUT2D eigenvalue weighted by atomic mass is 32.2. The number of sulfonamides is 1. The number of nitrogens with zero attached hydrogens (tertiary/aromatic N) is 4. The van der Waals surface area contributed by atoms with Gasteiger partial charge in [0, 0.05) is 47.5 Å². The summed E-state index contributed by atoms with van der Waals surface area (Å²) in [5.41, 5.74) is 3.77. The molecule has 1 fully saturated rings. The summed E-state index contributed by atoms with van der Waals surface area (Å²) in [5.74, 6) is 0.811. The molecule has 2 aliphatic carbocycles. The first kappa shape index (κ1) is 27.2. The number of benzene rings is 1. The van der Waals surface area contributed by atoms with Crippen molar-refractivity contribution in [3.05, 3.63) is 83.1 Å². The van der Waals surface area contributed by atoms with E-state index in [2.05, 4.69) is 30.5 Å². The quantitative estimate of drug-likeness (QED) is 0.266. The molecule has 3 heterocycles. The fraction of sp³-hybridized carbons (Fsp3) is 0.367. The van der Waals surface area contributed by atoms with Crippen LogP contribution in [0, 0.1) is 12.8 Å². The minimum atomic E-state index is -3.85. The highest BCUT2D eigenvalue weighted by Gasteiger charge is 2.37. The molecule has 4 aromatic rings. The standard InChI is InChI=1S/C30H33N7O3S/c1-17(2)14-33-41(39,40)27-12-22-25(35-30(38)20-5-4-10-31-15-20)13-26(34-28-9-6-18(3)36-37-28)29(22)23-16-32-24(11-21(23)27)19-7-8-19/h4-6,9-12,15-17,19,25-26,33H,7-8,13-14H2,1-3H3,(H,34,37)(H,35,38)/t25-,26-/m1/s1. The van der Waals surface area contributed by atoms with Crippen molar-refractivity contribution in [2.75, 3.05) is 11.9 Å². The summed E-state index contributed by atoms with van der Waals surface area (Å²) in [5, 5.41) is 16.4. The number of fused-ring (bicyclic) bond motifs is 3. The fourth-order valence-electron chi connectivity index (χ4n) is 5.34. The molecule has 6 rings (SSSR count). The van der Waals surface area contributed by atoms with Crippen LogP contribution in [-0.4, -0.2) is 41.0 Å². The lowest BCUT2D eigenvalue weighted by Gasteiger charge is -2.19. The predicted molar refractivity (Wildman–Crippen MR) is 156 cm³/mol. The molecule has 1 amide bonds. The zero-order valence-corrected chi connectivity index (χ0v) is 24.1. The van der Waals surface area contributed by atoms with Crippen LogP contribution in [0.5, 0.6) is 0 Å². The van der Waals surface area contributed by atoms with E-state index in [0.29, 0.717) is 35.7 Å². The lowest BCUT2D eigenvalue weighted by atomic mass is 9.98. The van der Waals surface area contributed by atoms with E-state index < -0.39 is 16.1 Å². The number of anilines is 1. The van der Waals surface area contributed by atoms with Crippen LogP contribution in [0.25, 0.3) is 10.8 Å². The largest absolute Gasteiger partial charge is 0.362 e. The number of rotatable bonds is 9. The number of aryl methyl sites for hydroxylation is 1. The number of amides is 1. The van der Waals surface area contributed by atoms with E-state index in [1.807, 2.05) is 39.0 Å². The molecule has 11 heteroatoms. The number of nitrogens with one attached hydrogen (secondary N) is 3. The molecule has 0 aliphatic heterocycles. The normalized spacial score (nSPS) is 18.4. The highest BCUT2D eigenvalue weighted by molar-refractivity contribution is 7.89. The summed E-state index contributed by atoms with van der Waals surface area (Å²) < 4.78 is 30.3. The molecule has 0 saturated heterocycles. The van der Waals surface area contributed by atoms with Gasteiger partial charge in [-0.15, -0.1) is 5.10 Å². The van der Waals surface area contributed by atoms with Crippen molar-refractivity contribution in [1.29, 1.82) is 0 Å². The van der Waals surface area contributed by atoms with Gasteiger partial charge in [-0.1, -0.05) is 13.8 Å². The third-order valence-electron chi connectivity index (χ3n) is 7.59. The second-order valence-corrected chi connectivity index (χ2v) is 13.0. The molecule has 0 radical (unpaired) electrons. The Balaban J connectivity index is 1.49. The van der Waals surface area contributed by atoms with Crippen molar-refractivity contribution in [1.82, 2.24) is 30.2 Å². The van der Waals surface area contributed by atoms with E-state index in [1.165, 1.54) is 6.20 Å². The molecule has 212 valence electrons. The molecule has 0 spiro atoms. The van der Waals surface area contributed by atoms with Gasteiger partial charge in [0.1, 0.15) is 5.82 Å². The molecule has 1 aromatic carbocycles. The molecule has 10 nitrogen and oxygen atoms in total. The summed E-state index contributed by atoms with van der Waals surface area (Å²) in [4.78, 5) is 22.3. The third-order valence-corrected chi connectivity index (χ3v) is 9.05. The average molecular weight is 572 g/mol. The van der Waals surface area contributed by atoms with Crippen molar-refractivity contribution in [2.45, 2.75) is 62.9 Å². The SMILES string of the molecule is Cc1ccc(N[C@@H]2C[C@@H](NC(=O)c3cccnc3)c3cc(S(=O)(=O)NCC(C)C)c4cc(C5CC5)ncc4c32)nn1. The maximum Gasteiger partial charge on any atom is 0.253 e. The zero-order valence-electron chi connectivity index (χ0n) is 23.3. The number of hydrogen-bond acceptors (Lipinski definition) is 8. The Morgan fingerprint density at radius 2 is 1.88 bits per heavy atom. The first-order valence-electron chi connectivity index (χ1n) is 13.9. The second-order valence-electron chi connectivity index (χ2n) is 11.3. The van der Waals surface area contributed by atoms with Crippen LogP contribution in [-0.2, 0) is 10.0 Å². The maximum atomic E-state index is 13.7. The van der Waals surface area contributed by atoms with E-state index in [-0.39, 0.29) is 22.8 Å². The van der Waals surface area contributed by atoms with Crippen molar-refractivity contribution in [2.24, 2.45) is 5.92 Å². The average Bonchev–Trinajstić information content (AvgIpc) is 3.76. The van der Waals surface area contributed by atoms with Gasteiger partial charge >= 0.3 is 0 Å². The van der Waals surface area contributed by atoms with Crippen molar-refractivity contribution < 1.29 is 13.2 Å². The Labute approximate surface area is 239 Å². The lowest BCUT2D eigenvalue weighted by molar-refractivity contribution is 0.0935.